The first-order chi connectivity index (χ1) is 10.4. The number of hydrogen-bond acceptors (Lipinski definition) is 6. The van der Waals surface area contributed by atoms with Crippen LogP contribution in [0.25, 0.3) is 0 Å². The van der Waals surface area contributed by atoms with Crippen molar-refractivity contribution in [1.82, 2.24) is 19.5 Å². The molecule has 0 fully saturated rings. The molecule has 2 aromatic rings. The topological polar surface area (TPSA) is 120 Å². The molecule has 0 aliphatic rings. The second-order valence-electron chi connectivity index (χ2n) is 4.54. The first-order valence-corrected chi connectivity index (χ1v) is 8.14. The van der Waals surface area contributed by atoms with Crippen molar-refractivity contribution in [3.63, 3.8) is 0 Å². The number of nitro groups is 1. The third-order valence-electron chi connectivity index (χ3n) is 2.99. The van der Waals surface area contributed by atoms with E-state index in [1.54, 1.807) is 4.57 Å². The largest absolute Gasteiger partial charge is 0.317 e. The molecular weight excluding hydrogens is 310 g/mol. The molecule has 0 unspecified atom stereocenters. The van der Waals surface area contributed by atoms with Gasteiger partial charge in [0.2, 0.25) is 10.0 Å². The lowest BCUT2D eigenvalue weighted by atomic mass is 10.2. The average Bonchev–Trinajstić information content (AvgIpc) is 2.93. The summed E-state index contributed by atoms with van der Waals surface area (Å²) < 4.78 is 28.2. The zero-order valence-electron chi connectivity index (χ0n) is 11.8. The summed E-state index contributed by atoms with van der Waals surface area (Å²) in [6.07, 6.45) is 1.53. The molecule has 118 valence electrons. The van der Waals surface area contributed by atoms with Gasteiger partial charge in [0.15, 0.2) is 0 Å². The molecule has 1 heterocycles. The number of sulfonamides is 1. The number of nitrogens with one attached hydrogen (secondary N) is 1. The van der Waals surface area contributed by atoms with Gasteiger partial charge in [0.05, 0.1) is 17.2 Å². The second-order valence-corrected chi connectivity index (χ2v) is 6.34. The molecule has 0 saturated carbocycles. The molecule has 10 heteroatoms. The van der Waals surface area contributed by atoms with Gasteiger partial charge < -0.3 is 4.57 Å². The second kappa shape index (κ2) is 6.62. The van der Waals surface area contributed by atoms with E-state index >= 15 is 0 Å². The Morgan fingerprint density at radius 3 is 2.59 bits per heavy atom. The van der Waals surface area contributed by atoms with E-state index in [1.165, 1.54) is 30.6 Å². The molecule has 0 bridgehead atoms. The maximum absolute atomic E-state index is 12.0. The highest BCUT2D eigenvalue weighted by Crippen LogP contribution is 2.13. The van der Waals surface area contributed by atoms with Gasteiger partial charge in [-0.15, -0.1) is 10.2 Å². The Bertz CT molecular complexity index is 754. The molecule has 0 atom stereocenters. The van der Waals surface area contributed by atoms with E-state index in [-0.39, 0.29) is 18.0 Å². The van der Waals surface area contributed by atoms with Crippen molar-refractivity contribution in [1.29, 1.82) is 0 Å². The number of nitro benzene ring substituents is 1. The summed E-state index contributed by atoms with van der Waals surface area (Å²) in [4.78, 5) is 10.0. The summed E-state index contributed by atoms with van der Waals surface area (Å²) in [5, 5.41) is 18.1. The van der Waals surface area contributed by atoms with Gasteiger partial charge in [0.1, 0.15) is 12.2 Å². The number of nitrogens with zero attached hydrogens (tertiary/aromatic N) is 4. The van der Waals surface area contributed by atoms with Crippen LogP contribution in [0.2, 0.25) is 0 Å². The van der Waals surface area contributed by atoms with Crippen LogP contribution >= 0.6 is 0 Å². The van der Waals surface area contributed by atoms with Crippen LogP contribution in [0.5, 0.6) is 0 Å². The highest BCUT2D eigenvalue weighted by Gasteiger charge is 2.14. The Hall–Kier alpha value is -2.33. The van der Waals surface area contributed by atoms with E-state index in [1.807, 2.05) is 6.92 Å². The van der Waals surface area contributed by atoms with Crippen LogP contribution < -0.4 is 4.72 Å². The van der Waals surface area contributed by atoms with Crippen molar-refractivity contribution in [3.05, 3.63) is 52.1 Å². The van der Waals surface area contributed by atoms with Gasteiger partial charge in [-0.2, -0.15) is 0 Å². The van der Waals surface area contributed by atoms with Crippen molar-refractivity contribution in [2.75, 3.05) is 0 Å². The van der Waals surface area contributed by atoms with E-state index in [9.17, 15) is 18.5 Å². The third kappa shape index (κ3) is 4.09. The van der Waals surface area contributed by atoms with E-state index in [0.717, 1.165) is 0 Å². The number of aromatic nitrogens is 3. The smallest absolute Gasteiger partial charge is 0.269 e. The fourth-order valence-corrected chi connectivity index (χ4v) is 2.92. The Kier molecular flexibility index (Phi) is 4.83. The number of hydrogen-bond donors (Lipinski definition) is 1. The lowest BCUT2D eigenvalue weighted by Gasteiger charge is -2.07. The van der Waals surface area contributed by atoms with Crippen LogP contribution in [0.3, 0.4) is 0 Å². The molecule has 1 aromatic heterocycles. The van der Waals surface area contributed by atoms with Crippen LogP contribution in [0.15, 0.2) is 30.6 Å². The van der Waals surface area contributed by atoms with E-state index in [0.29, 0.717) is 17.9 Å². The average molecular weight is 325 g/mol. The first kappa shape index (κ1) is 16.0. The summed E-state index contributed by atoms with van der Waals surface area (Å²) >= 11 is 0. The van der Waals surface area contributed by atoms with Crippen LogP contribution in [0.4, 0.5) is 5.69 Å². The van der Waals surface area contributed by atoms with E-state index in [4.69, 9.17) is 0 Å². The van der Waals surface area contributed by atoms with Crippen molar-refractivity contribution >= 4 is 15.7 Å². The highest BCUT2D eigenvalue weighted by atomic mass is 32.2. The normalized spacial score (nSPS) is 11.5. The molecule has 1 N–H and O–H groups in total. The number of non-ortho nitro benzene ring substituents is 1. The highest BCUT2D eigenvalue weighted by molar-refractivity contribution is 7.88. The first-order valence-electron chi connectivity index (χ1n) is 6.48. The molecule has 9 nitrogen and oxygen atoms in total. The van der Waals surface area contributed by atoms with Gasteiger partial charge in [0, 0.05) is 18.7 Å². The molecule has 0 saturated heterocycles. The summed E-state index contributed by atoms with van der Waals surface area (Å²) in [7, 11) is -3.57. The zero-order chi connectivity index (χ0) is 16.2. The van der Waals surface area contributed by atoms with Gasteiger partial charge in [-0.25, -0.2) is 13.1 Å². The number of benzene rings is 1. The Morgan fingerprint density at radius 1 is 1.32 bits per heavy atom. The Morgan fingerprint density at radius 2 is 2.00 bits per heavy atom. The molecule has 0 radical (unpaired) electrons. The SMILES string of the molecule is CCn1cnnc1CNS(=O)(=O)Cc1ccc([N+](=O)[O-])cc1. The van der Waals surface area contributed by atoms with Crippen LogP contribution in [-0.2, 0) is 28.9 Å². The Balaban J connectivity index is 2.00. The van der Waals surface area contributed by atoms with E-state index in [2.05, 4.69) is 14.9 Å². The molecule has 22 heavy (non-hydrogen) atoms. The van der Waals surface area contributed by atoms with Crippen molar-refractivity contribution in [2.24, 2.45) is 0 Å². The number of rotatable bonds is 7. The van der Waals surface area contributed by atoms with E-state index < -0.39 is 14.9 Å². The standard InChI is InChI=1S/C12H15N5O4S/c1-2-16-9-13-15-12(16)7-14-22(20,21)8-10-3-5-11(6-4-10)17(18)19/h3-6,9,14H,2,7-8H2,1H3. The summed E-state index contributed by atoms with van der Waals surface area (Å²) in [5.41, 5.74) is 0.389. The maximum Gasteiger partial charge on any atom is 0.269 e. The molecule has 0 spiro atoms. The molecular formula is C12H15N5O4S. The van der Waals surface area contributed by atoms with Crippen molar-refractivity contribution in [3.8, 4) is 0 Å². The fraction of sp³-hybridized carbons (Fsp3) is 0.333. The van der Waals surface area contributed by atoms with Crippen molar-refractivity contribution < 1.29 is 13.3 Å². The van der Waals surface area contributed by atoms with Crippen molar-refractivity contribution in [2.45, 2.75) is 25.8 Å². The zero-order valence-corrected chi connectivity index (χ0v) is 12.7. The van der Waals surface area contributed by atoms with Gasteiger partial charge >= 0.3 is 0 Å². The Labute approximate surface area is 127 Å². The predicted molar refractivity (Wildman–Crippen MR) is 78.3 cm³/mol. The molecule has 2 rings (SSSR count). The minimum atomic E-state index is -3.57. The third-order valence-corrected chi connectivity index (χ3v) is 4.29. The minimum Gasteiger partial charge on any atom is -0.317 e. The lowest BCUT2D eigenvalue weighted by Crippen LogP contribution is -2.26. The number of aryl methyl sites for hydroxylation is 1. The summed E-state index contributed by atoms with van der Waals surface area (Å²) in [6.45, 7) is 2.59. The maximum atomic E-state index is 12.0. The van der Waals surface area contributed by atoms with Crippen LogP contribution in [0, 0.1) is 10.1 Å². The molecule has 0 aliphatic carbocycles. The quantitative estimate of drug-likeness (QED) is 0.594. The van der Waals surface area contributed by atoms with Crippen LogP contribution in [-0.4, -0.2) is 28.1 Å². The molecule has 1 aromatic carbocycles. The summed E-state index contributed by atoms with van der Waals surface area (Å²) in [6, 6.07) is 5.40. The molecule has 0 aliphatic heterocycles. The fourth-order valence-electron chi connectivity index (χ4n) is 1.84. The summed E-state index contributed by atoms with van der Waals surface area (Å²) in [5.74, 6) is 0.264. The van der Waals surface area contributed by atoms with Gasteiger partial charge in [-0.1, -0.05) is 12.1 Å². The monoisotopic (exact) mass is 325 g/mol. The van der Waals surface area contributed by atoms with Gasteiger partial charge in [-0.05, 0) is 12.5 Å². The van der Waals surface area contributed by atoms with Gasteiger partial charge in [0.25, 0.3) is 5.69 Å². The predicted octanol–water partition coefficient (Wildman–Crippen LogP) is 0.826. The van der Waals surface area contributed by atoms with Gasteiger partial charge in [-0.3, -0.25) is 10.1 Å². The minimum absolute atomic E-state index is 0.0448. The lowest BCUT2D eigenvalue weighted by molar-refractivity contribution is -0.384. The van der Waals surface area contributed by atoms with Crippen LogP contribution in [0.1, 0.15) is 18.3 Å². The molecule has 0 amide bonds.